The molecule has 2 amide bonds. The molecule has 2 heterocycles. The number of anilines is 1. The lowest BCUT2D eigenvalue weighted by Crippen LogP contribution is -2.37. The molecule has 1 aliphatic heterocycles. The highest BCUT2D eigenvalue weighted by Crippen LogP contribution is 2.29. The number of allylic oxidation sites excluding steroid dienone is 1. The summed E-state index contributed by atoms with van der Waals surface area (Å²) in [5, 5.41) is 8.07. The quantitative estimate of drug-likeness (QED) is 0.753. The van der Waals surface area contributed by atoms with Crippen LogP contribution in [0.5, 0.6) is 0 Å². The molecule has 1 aliphatic rings. The molecule has 7 heteroatoms. The SMILES string of the molecule is Cn1cc2cc(NC(=O)N3C=CC(=O)C[C@H]3c3ccc(F)cc3)ccc2n1. The van der Waals surface area contributed by atoms with E-state index in [9.17, 15) is 14.0 Å². The van der Waals surface area contributed by atoms with Crippen LogP contribution in [0.4, 0.5) is 14.9 Å². The number of halogens is 1. The predicted octanol–water partition coefficient (Wildman–Crippen LogP) is 3.77. The Hall–Kier alpha value is -3.48. The monoisotopic (exact) mass is 364 g/mol. The van der Waals surface area contributed by atoms with Crippen LogP contribution in [0.2, 0.25) is 0 Å². The molecule has 0 unspecified atom stereocenters. The maximum atomic E-state index is 13.2. The number of benzene rings is 2. The van der Waals surface area contributed by atoms with Gasteiger partial charge in [-0.15, -0.1) is 0 Å². The average Bonchev–Trinajstić information content (AvgIpc) is 3.01. The number of carbonyl (C=O) groups excluding carboxylic acids is 2. The molecule has 6 nitrogen and oxygen atoms in total. The highest BCUT2D eigenvalue weighted by molar-refractivity contribution is 5.97. The third-order valence-corrected chi connectivity index (χ3v) is 4.51. The number of carbonyl (C=O) groups is 2. The molecule has 1 aromatic heterocycles. The van der Waals surface area contributed by atoms with Gasteiger partial charge < -0.3 is 5.32 Å². The zero-order chi connectivity index (χ0) is 19.0. The number of rotatable bonds is 2. The Morgan fingerprint density at radius 1 is 1.22 bits per heavy atom. The van der Waals surface area contributed by atoms with Gasteiger partial charge in [-0.25, -0.2) is 9.18 Å². The minimum absolute atomic E-state index is 0.0786. The Balaban J connectivity index is 1.60. The van der Waals surface area contributed by atoms with E-state index in [0.29, 0.717) is 11.3 Å². The third-order valence-electron chi connectivity index (χ3n) is 4.51. The van der Waals surface area contributed by atoms with E-state index in [1.54, 1.807) is 22.9 Å². The van der Waals surface area contributed by atoms with E-state index < -0.39 is 6.04 Å². The van der Waals surface area contributed by atoms with Crippen molar-refractivity contribution in [3.63, 3.8) is 0 Å². The van der Waals surface area contributed by atoms with Gasteiger partial charge in [-0.05, 0) is 42.0 Å². The van der Waals surface area contributed by atoms with Gasteiger partial charge in [0.1, 0.15) is 5.82 Å². The van der Waals surface area contributed by atoms with Crippen molar-refractivity contribution in [1.82, 2.24) is 14.7 Å². The smallest absolute Gasteiger partial charge is 0.308 e. The van der Waals surface area contributed by atoms with Crippen LogP contribution >= 0.6 is 0 Å². The van der Waals surface area contributed by atoms with E-state index in [2.05, 4.69) is 10.4 Å². The summed E-state index contributed by atoms with van der Waals surface area (Å²) >= 11 is 0. The number of hydrogen-bond acceptors (Lipinski definition) is 3. The summed E-state index contributed by atoms with van der Waals surface area (Å²) in [5.74, 6) is -0.442. The van der Waals surface area contributed by atoms with Crippen molar-refractivity contribution >= 4 is 28.4 Å². The van der Waals surface area contributed by atoms with E-state index >= 15 is 0 Å². The van der Waals surface area contributed by atoms with E-state index in [1.807, 2.05) is 25.4 Å². The van der Waals surface area contributed by atoms with Crippen molar-refractivity contribution in [2.24, 2.45) is 7.05 Å². The number of aryl methyl sites for hydroxylation is 1. The first-order valence-electron chi connectivity index (χ1n) is 8.49. The average molecular weight is 364 g/mol. The van der Waals surface area contributed by atoms with Crippen molar-refractivity contribution in [1.29, 1.82) is 0 Å². The number of hydrogen-bond donors (Lipinski definition) is 1. The molecule has 0 spiro atoms. The normalized spacial score (nSPS) is 16.7. The summed E-state index contributed by atoms with van der Waals surface area (Å²) in [4.78, 5) is 26.1. The number of aromatic nitrogens is 2. The largest absolute Gasteiger partial charge is 0.326 e. The van der Waals surface area contributed by atoms with Gasteiger partial charge in [0.15, 0.2) is 5.78 Å². The van der Waals surface area contributed by atoms with Gasteiger partial charge in [0, 0.05) is 36.9 Å². The Morgan fingerprint density at radius 3 is 2.78 bits per heavy atom. The van der Waals surface area contributed by atoms with Gasteiger partial charge in [0.2, 0.25) is 0 Å². The topological polar surface area (TPSA) is 67.2 Å². The van der Waals surface area contributed by atoms with Gasteiger partial charge in [0.05, 0.1) is 11.6 Å². The van der Waals surface area contributed by atoms with E-state index in [-0.39, 0.29) is 24.1 Å². The second kappa shape index (κ2) is 6.68. The molecular weight excluding hydrogens is 347 g/mol. The summed E-state index contributed by atoms with van der Waals surface area (Å²) in [6.45, 7) is 0. The Morgan fingerprint density at radius 2 is 2.00 bits per heavy atom. The van der Waals surface area contributed by atoms with Crippen molar-refractivity contribution in [2.45, 2.75) is 12.5 Å². The molecule has 0 aliphatic carbocycles. The molecule has 2 aromatic carbocycles. The first-order valence-corrected chi connectivity index (χ1v) is 8.49. The van der Waals surface area contributed by atoms with Crippen molar-refractivity contribution < 1.29 is 14.0 Å². The van der Waals surface area contributed by atoms with E-state index in [4.69, 9.17) is 0 Å². The maximum Gasteiger partial charge on any atom is 0.326 e. The molecule has 27 heavy (non-hydrogen) atoms. The predicted molar refractivity (Wildman–Crippen MR) is 99.5 cm³/mol. The summed E-state index contributed by atoms with van der Waals surface area (Å²) < 4.78 is 14.9. The fourth-order valence-electron chi connectivity index (χ4n) is 3.21. The summed E-state index contributed by atoms with van der Waals surface area (Å²) in [6, 6.07) is 10.4. The van der Waals surface area contributed by atoms with Crippen LogP contribution in [0.3, 0.4) is 0 Å². The van der Waals surface area contributed by atoms with Gasteiger partial charge in [0.25, 0.3) is 0 Å². The van der Waals surface area contributed by atoms with Crippen molar-refractivity contribution in [3.8, 4) is 0 Å². The zero-order valence-electron chi connectivity index (χ0n) is 14.6. The molecule has 0 radical (unpaired) electrons. The molecule has 0 saturated heterocycles. The number of fused-ring (bicyclic) bond motifs is 1. The number of nitrogens with zero attached hydrogens (tertiary/aromatic N) is 3. The Labute approximate surface area is 154 Å². The molecule has 1 atom stereocenters. The number of ketones is 1. The second-order valence-electron chi connectivity index (χ2n) is 6.47. The van der Waals surface area contributed by atoms with Crippen LogP contribution in [0.1, 0.15) is 18.0 Å². The van der Waals surface area contributed by atoms with Crippen molar-refractivity contribution in [2.75, 3.05) is 5.32 Å². The van der Waals surface area contributed by atoms with Gasteiger partial charge >= 0.3 is 6.03 Å². The lowest BCUT2D eigenvalue weighted by molar-refractivity contribution is -0.116. The maximum absolute atomic E-state index is 13.2. The number of nitrogens with one attached hydrogen (secondary N) is 1. The first-order chi connectivity index (χ1) is 13.0. The van der Waals surface area contributed by atoms with Crippen LogP contribution in [0.15, 0.2) is 60.9 Å². The number of amides is 2. The fourth-order valence-corrected chi connectivity index (χ4v) is 3.21. The standard InChI is InChI=1S/C20H17FN4O2/c1-24-12-14-10-16(6-7-18(14)23-24)22-20(27)25-9-8-17(26)11-19(25)13-2-4-15(21)5-3-13/h2-10,12,19H,11H2,1H3,(H,22,27)/t19-/m0/s1. The Kier molecular flexibility index (Phi) is 4.19. The summed E-state index contributed by atoms with van der Waals surface area (Å²) in [7, 11) is 1.83. The molecular formula is C20H17FN4O2. The molecule has 0 bridgehead atoms. The van der Waals surface area contributed by atoms with Crippen LogP contribution in [-0.4, -0.2) is 26.5 Å². The van der Waals surface area contributed by atoms with Crippen LogP contribution in [-0.2, 0) is 11.8 Å². The molecule has 0 saturated carbocycles. The minimum atomic E-state index is -0.481. The third kappa shape index (κ3) is 3.44. The van der Waals surface area contributed by atoms with Gasteiger partial charge in [-0.2, -0.15) is 5.10 Å². The molecule has 4 rings (SSSR count). The number of urea groups is 1. The van der Waals surface area contributed by atoms with Crippen LogP contribution < -0.4 is 5.32 Å². The van der Waals surface area contributed by atoms with Gasteiger partial charge in [-0.1, -0.05) is 12.1 Å². The molecule has 0 fully saturated rings. The zero-order valence-corrected chi connectivity index (χ0v) is 14.6. The van der Waals surface area contributed by atoms with Crippen molar-refractivity contribution in [3.05, 3.63) is 72.3 Å². The molecule has 3 aromatic rings. The Bertz CT molecular complexity index is 1060. The molecule has 1 N–H and O–H groups in total. The lowest BCUT2D eigenvalue weighted by atomic mass is 9.97. The van der Waals surface area contributed by atoms with E-state index in [0.717, 1.165) is 10.9 Å². The van der Waals surface area contributed by atoms with E-state index in [1.165, 1.54) is 29.3 Å². The first kappa shape index (κ1) is 17.0. The highest BCUT2D eigenvalue weighted by Gasteiger charge is 2.28. The van der Waals surface area contributed by atoms with Crippen LogP contribution in [0, 0.1) is 5.82 Å². The highest BCUT2D eigenvalue weighted by atomic mass is 19.1. The fraction of sp³-hybridized carbons (Fsp3) is 0.150. The molecule has 136 valence electrons. The van der Waals surface area contributed by atoms with Crippen LogP contribution in [0.25, 0.3) is 10.9 Å². The summed E-state index contributed by atoms with van der Waals surface area (Å²) in [6.07, 6.45) is 4.87. The van der Waals surface area contributed by atoms with Gasteiger partial charge in [-0.3, -0.25) is 14.4 Å². The lowest BCUT2D eigenvalue weighted by Gasteiger charge is -2.31. The summed E-state index contributed by atoms with van der Waals surface area (Å²) in [5.41, 5.74) is 2.17. The minimum Gasteiger partial charge on any atom is -0.308 e. The second-order valence-corrected chi connectivity index (χ2v) is 6.47.